The van der Waals surface area contributed by atoms with Gasteiger partial charge < -0.3 is 5.32 Å². The van der Waals surface area contributed by atoms with Crippen molar-refractivity contribution in [3.63, 3.8) is 0 Å². The van der Waals surface area contributed by atoms with Gasteiger partial charge in [-0.1, -0.05) is 42.0 Å². The molecule has 0 unspecified atom stereocenters. The van der Waals surface area contributed by atoms with Crippen LogP contribution in [0, 0.1) is 20.8 Å². The standard InChI is InChI=1S/C21H30N2O2S/c1-15(2)23-26(24,25)14-20-8-6-19(7-9-20)12-22-13-21-17(4)10-16(3)11-18(21)5/h6-11,15,22-23H,12-14H2,1-5H3. The third-order valence-electron chi connectivity index (χ3n) is 4.27. The second-order valence-electron chi connectivity index (χ2n) is 7.33. The van der Waals surface area contributed by atoms with Crippen molar-refractivity contribution >= 4 is 10.0 Å². The summed E-state index contributed by atoms with van der Waals surface area (Å²) in [5.41, 5.74) is 7.21. The average Bonchev–Trinajstić information content (AvgIpc) is 2.49. The smallest absolute Gasteiger partial charge is 0.216 e. The summed E-state index contributed by atoms with van der Waals surface area (Å²) in [7, 11) is -3.28. The molecule has 0 spiro atoms. The summed E-state index contributed by atoms with van der Waals surface area (Å²) in [6, 6.07) is 12.1. The zero-order valence-corrected chi connectivity index (χ0v) is 17.2. The molecule has 2 rings (SSSR count). The first kappa shape index (κ1) is 20.6. The minimum atomic E-state index is -3.28. The Balaban J connectivity index is 1.92. The molecule has 0 atom stereocenters. The van der Waals surface area contributed by atoms with E-state index in [9.17, 15) is 8.42 Å². The average molecular weight is 375 g/mol. The summed E-state index contributed by atoms with van der Waals surface area (Å²) < 4.78 is 26.6. The van der Waals surface area contributed by atoms with Crippen LogP contribution in [-0.2, 0) is 28.9 Å². The molecule has 0 amide bonds. The zero-order chi connectivity index (χ0) is 19.3. The molecule has 0 aromatic heterocycles. The first-order valence-electron chi connectivity index (χ1n) is 9.01. The highest BCUT2D eigenvalue weighted by Gasteiger charge is 2.12. The van der Waals surface area contributed by atoms with Crippen LogP contribution in [-0.4, -0.2) is 14.5 Å². The van der Waals surface area contributed by atoms with Crippen LogP contribution < -0.4 is 10.0 Å². The maximum Gasteiger partial charge on any atom is 0.216 e. The number of nitrogens with one attached hydrogen (secondary N) is 2. The minimum absolute atomic E-state index is 0.0145. The van der Waals surface area contributed by atoms with Crippen LogP contribution in [0.1, 0.15) is 47.2 Å². The molecular formula is C21H30N2O2S. The Morgan fingerprint density at radius 3 is 1.96 bits per heavy atom. The molecule has 0 heterocycles. The summed E-state index contributed by atoms with van der Waals surface area (Å²) in [5.74, 6) is 0.0145. The molecule has 2 aromatic rings. The van der Waals surface area contributed by atoms with E-state index in [-0.39, 0.29) is 11.8 Å². The van der Waals surface area contributed by atoms with Crippen molar-refractivity contribution < 1.29 is 8.42 Å². The van der Waals surface area contributed by atoms with Gasteiger partial charge in [-0.3, -0.25) is 0 Å². The number of sulfonamides is 1. The number of aryl methyl sites for hydroxylation is 3. The molecule has 0 saturated heterocycles. The van der Waals surface area contributed by atoms with E-state index in [0.717, 1.165) is 24.2 Å². The van der Waals surface area contributed by atoms with Gasteiger partial charge in [-0.25, -0.2) is 13.1 Å². The predicted molar refractivity (Wildman–Crippen MR) is 109 cm³/mol. The van der Waals surface area contributed by atoms with Crippen LogP contribution in [0.5, 0.6) is 0 Å². The van der Waals surface area contributed by atoms with Crippen molar-refractivity contribution in [2.24, 2.45) is 0 Å². The third-order valence-corrected chi connectivity index (χ3v) is 5.81. The molecule has 142 valence electrons. The van der Waals surface area contributed by atoms with Gasteiger partial charge in [-0.05, 0) is 62.4 Å². The van der Waals surface area contributed by atoms with E-state index in [0.29, 0.717) is 0 Å². The minimum Gasteiger partial charge on any atom is -0.309 e. The molecule has 0 saturated carbocycles. The zero-order valence-electron chi connectivity index (χ0n) is 16.4. The first-order valence-corrected chi connectivity index (χ1v) is 10.7. The van der Waals surface area contributed by atoms with E-state index in [4.69, 9.17) is 0 Å². The Morgan fingerprint density at radius 1 is 0.885 bits per heavy atom. The first-order chi connectivity index (χ1) is 12.2. The highest BCUT2D eigenvalue weighted by molar-refractivity contribution is 7.88. The molecular weight excluding hydrogens is 344 g/mol. The molecule has 0 aliphatic carbocycles. The van der Waals surface area contributed by atoms with Gasteiger partial charge >= 0.3 is 0 Å². The maximum absolute atomic E-state index is 12.0. The maximum atomic E-state index is 12.0. The second-order valence-corrected chi connectivity index (χ2v) is 9.08. The topological polar surface area (TPSA) is 58.2 Å². The highest BCUT2D eigenvalue weighted by atomic mass is 32.2. The molecule has 2 N–H and O–H groups in total. The predicted octanol–water partition coefficient (Wildman–Crippen LogP) is 3.73. The van der Waals surface area contributed by atoms with Crippen LogP contribution in [0.25, 0.3) is 0 Å². The fourth-order valence-electron chi connectivity index (χ4n) is 3.19. The Morgan fingerprint density at radius 2 is 1.42 bits per heavy atom. The Labute approximate surface area is 158 Å². The summed E-state index contributed by atoms with van der Waals surface area (Å²) in [6.07, 6.45) is 0. The van der Waals surface area contributed by atoms with Crippen LogP contribution in [0.3, 0.4) is 0 Å². The SMILES string of the molecule is Cc1cc(C)c(CNCc2ccc(CS(=O)(=O)NC(C)C)cc2)c(C)c1. The van der Waals surface area contributed by atoms with Gasteiger partial charge in [0.15, 0.2) is 0 Å². The van der Waals surface area contributed by atoms with Gasteiger partial charge in [0, 0.05) is 19.1 Å². The lowest BCUT2D eigenvalue weighted by Gasteiger charge is -2.13. The Hall–Kier alpha value is -1.69. The highest BCUT2D eigenvalue weighted by Crippen LogP contribution is 2.16. The normalized spacial score (nSPS) is 11.9. The summed E-state index contributed by atoms with van der Waals surface area (Å²) in [4.78, 5) is 0. The van der Waals surface area contributed by atoms with E-state index in [2.05, 4.69) is 42.9 Å². The van der Waals surface area contributed by atoms with Gasteiger partial charge in [0.2, 0.25) is 10.0 Å². The van der Waals surface area contributed by atoms with E-state index in [1.54, 1.807) is 0 Å². The molecule has 0 aliphatic rings. The van der Waals surface area contributed by atoms with Gasteiger partial charge in [0.05, 0.1) is 5.75 Å². The number of hydrogen-bond donors (Lipinski definition) is 2. The quantitative estimate of drug-likeness (QED) is 0.740. The third kappa shape index (κ3) is 6.24. The van der Waals surface area contributed by atoms with Crippen molar-refractivity contribution in [2.45, 2.75) is 59.5 Å². The molecule has 26 heavy (non-hydrogen) atoms. The number of benzene rings is 2. The number of hydrogen-bond acceptors (Lipinski definition) is 3. The van der Waals surface area contributed by atoms with E-state index in [1.165, 1.54) is 22.3 Å². The van der Waals surface area contributed by atoms with Gasteiger partial charge in [0.25, 0.3) is 0 Å². The van der Waals surface area contributed by atoms with Gasteiger partial charge in [0.1, 0.15) is 0 Å². The largest absolute Gasteiger partial charge is 0.309 e. The number of rotatable bonds is 8. The van der Waals surface area contributed by atoms with Crippen LogP contribution in [0.2, 0.25) is 0 Å². The van der Waals surface area contributed by atoms with E-state index < -0.39 is 10.0 Å². The van der Waals surface area contributed by atoms with Crippen molar-refractivity contribution in [3.05, 3.63) is 69.8 Å². The summed E-state index contributed by atoms with van der Waals surface area (Å²) in [5, 5.41) is 3.48. The fourth-order valence-corrected chi connectivity index (χ4v) is 4.63. The summed E-state index contributed by atoms with van der Waals surface area (Å²) >= 11 is 0. The van der Waals surface area contributed by atoms with Gasteiger partial charge in [-0.15, -0.1) is 0 Å². The molecule has 0 radical (unpaired) electrons. The van der Waals surface area contributed by atoms with E-state index in [1.807, 2.05) is 38.1 Å². The van der Waals surface area contributed by atoms with Crippen LogP contribution in [0.15, 0.2) is 36.4 Å². The monoisotopic (exact) mass is 374 g/mol. The molecule has 5 heteroatoms. The lowest BCUT2D eigenvalue weighted by Crippen LogP contribution is -2.31. The van der Waals surface area contributed by atoms with Crippen LogP contribution >= 0.6 is 0 Å². The van der Waals surface area contributed by atoms with E-state index >= 15 is 0 Å². The molecule has 0 aliphatic heterocycles. The lowest BCUT2D eigenvalue weighted by molar-refractivity contribution is 0.569. The summed E-state index contributed by atoms with van der Waals surface area (Å²) in [6.45, 7) is 11.6. The van der Waals surface area contributed by atoms with Crippen molar-refractivity contribution in [2.75, 3.05) is 0 Å². The molecule has 4 nitrogen and oxygen atoms in total. The Kier molecular flexibility index (Phi) is 6.98. The Bertz CT molecular complexity index is 818. The second kappa shape index (κ2) is 8.80. The van der Waals surface area contributed by atoms with Crippen molar-refractivity contribution in [1.82, 2.24) is 10.0 Å². The van der Waals surface area contributed by atoms with Gasteiger partial charge in [-0.2, -0.15) is 0 Å². The fraction of sp³-hybridized carbons (Fsp3) is 0.429. The van der Waals surface area contributed by atoms with Crippen LogP contribution in [0.4, 0.5) is 0 Å². The van der Waals surface area contributed by atoms with Crippen molar-refractivity contribution in [3.8, 4) is 0 Å². The lowest BCUT2D eigenvalue weighted by atomic mass is 10.00. The molecule has 2 aromatic carbocycles. The molecule has 0 fully saturated rings. The van der Waals surface area contributed by atoms with Crippen molar-refractivity contribution in [1.29, 1.82) is 0 Å². The molecule has 0 bridgehead atoms.